The van der Waals surface area contributed by atoms with E-state index in [1.807, 2.05) is 48.2 Å². The number of methoxy groups -OCH3 is 1. The van der Waals surface area contributed by atoms with Gasteiger partial charge in [-0.2, -0.15) is 11.8 Å². The van der Waals surface area contributed by atoms with Crippen molar-refractivity contribution in [3.05, 3.63) is 54.0 Å². The zero-order valence-electron chi connectivity index (χ0n) is 14.2. The van der Waals surface area contributed by atoms with Gasteiger partial charge < -0.3 is 19.8 Å². The molecule has 0 bridgehead atoms. The maximum Gasteiger partial charge on any atom is 0.191 e. The van der Waals surface area contributed by atoms with Crippen molar-refractivity contribution in [3.8, 4) is 5.75 Å². The fraction of sp³-hybridized carbons (Fsp3) is 0.389. The average molecular weight is 347 g/mol. The lowest BCUT2D eigenvalue weighted by Gasteiger charge is -2.12. The van der Waals surface area contributed by atoms with Gasteiger partial charge in [0.2, 0.25) is 0 Å². The number of aliphatic imine (C=N–C) groups is 1. The van der Waals surface area contributed by atoms with Crippen LogP contribution in [0.4, 0.5) is 0 Å². The molecule has 1 heterocycles. The van der Waals surface area contributed by atoms with Crippen molar-refractivity contribution in [2.24, 2.45) is 4.99 Å². The molecule has 2 aromatic rings. The third-order valence-corrected chi connectivity index (χ3v) is 4.03. The Morgan fingerprint density at radius 1 is 1.17 bits per heavy atom. The molecule has 130 valence electrons. The van der Waals surface area contributed by atoms with E-state index in [0.717, 1.165) is 48.3 Å². The Hall–Kier alpha value is -2.08. The fourth-order valence-electron chi connectivity index (χ4n) is 2.11. The molecule has 0 saturated heterocycles. The standard InChI is InChI=1S/C18H25N3O2S/c1-22-16-7-5-15(6-8-16)14-21-18(20-11-13-24-2)19-10-9-17-4-3-12-23-17/h3-8,12H,9-11,13-14H2,1-2H3,(H2,19,20,21). The summed E-state index contributed by atoms with van der Waals surface area (Å²) in [6, 6.07) is 11.9. The molecular weight excluding hydrogens is 322 g/mol. The lowest BCUT2D eigenvalue weighted by atomic mass is 10.2. The number of rotatable bonds is 9. The zero-order chi connectivity index (χ0) is 17.0. The minimum atomic E-state index is 0.624. The Morgan fingerprint density at radius 3 is 2.62 bits per heavy atom. The molecule has 0 aliphatic rings. The summed E-state index contributed by atoms with van der Waals surface area (Å²) in [6.07, 6.45) is 4.63. The van der Waals surface area contributed by atoms with Crippen molar-refractivity contribution in [2.45, 2.75) is 13.0 Å². The zero-order valence-corrected chi connectivity index (χ0v) is 15.1. The predicted molar refractivity (Wildman–Crippen MR) is 101 cm³/mol. The number of hydrogen-bond acceptors (Lipinski definition) is 4. The van der Waals surface area contributed by atoms with E-state index in [0.29, 0.717) is 6.54 Å². The highest BCUT2D eigenvalue weighted by Crippen LogP contribution is 2.11. The normalized spacial score (nSPS) is 11.3. The van der Waals surface area contributed by atoms with Gasteiger partial charge in [-0.15, -0.1) is 0 Å². The van der Waals surface area contributed by atoms with Gasteiger partial charge in [-0.25, -0.2) is 4.99 Å². The summed E-state index contributed by atoms with van der Waals surface area (Å²) in [6.45, 7) is 2.29. The lowest BCUT2D eigenvalue weighted by molar-refractivity contribution is 0.414. The van der Waals surface area contributed by atoms with Crippen LogP contribution in [0.15, 0.2) is 52.1 Å². The first-order valence-electron chi connectivity index (χ1n) is 7.98. The molecule has 0 radical (unpaired) electrons. The van der Waals surface area contributed by atoms with Crippen molar-refractivity contribution in [2.75, 3.05) is 32.2 Å². The van der Waals surface area contributed by atoms with Crippen LogP contribution in [0, 0.1) is 0 Å². The number of furan rings is 1. The van der Waals surface area contributed by atoms with Crippen LogP contribution in [0.2, 0.25) is 0 Å². The second-order valence-corrected chi connectivity index (χ2v) is 6.17. The van der Waals surface area contributed by atoms with Gasteiger partial charge in [-0.3, -0.25) is 0 Å². The highest BCUT2D eigenvalue weighted by molar-refractivity contribution is 7.98. The molecule has 24 heavy (non-hydrogen) atoms. The maximum atomic E-state index is 5.35. The van der Waals surface area contributed by atoms with Crippen LogP contribution >= 0.6 is 11.8 Å². The molecule has 1 aromatic heterocycles. The number of nitrogens with one attached hydrogen (secondary N) is 2. The number of benzene rings is 1. The first-order valence-corrected chi connectivity index (χ1v) is 9.37. The van der Waals surface area contributed by atoms with Crippen LogP contribution in [-0.2, 0) is 13.0 Å². The van der Waals surface area contributed by atoms with Crippen molar-refractivity contribution in [1.82, 2.24) is 10.6 Å². The summed E-state index contributed by atoms with van der Waals surface area (Å²) in [5.74, 6) is 3.70. The van der Waals surface area contributed by atoms with Gasteiger partial charge in [0.15, 0.2) is 5.96 Å². The molecule has 0 spiro atoms. The van der Waals surface area contributed by atoms with E-state index >= 15 is 0 Å². The molecule has 0 unspecified atom stereocenters. The summed E-state index contributed by atoms with van der Waals surface area (Å²) in [5, 5.41) is 6.71. The molecule has 1 aromatic carbocycles. The minimum Gasteiger partial charge on any atom is -0.497 e. The number of nitrogens with zero attached hydrogens (tertiary/aromatic N) is 1. The van der Waals surface area contributed by atoms with E-state index < -0.39 is 0 Å². The van der Waals surface area contributed by atoms with Gasteiger partial charge in [0.1, 0.15) is 11.5 Å². The van der Waals surface area contributed by atoms with E-state index in [1.54, 1.807) is 13.4 Å². The fourth-order valence-corrected chi connectivity index (χ4v) is 2.41. The van der Waals surface area contributed by atoms with Crippen molar-refractivity contribution >= 4 is 17.7 Å². The first kappa shape index (κ1) is 18.3. The maximum absolute atomic E-state index is 5.35. The van der Waals surface area contributed by atoms with Gasteiger partial charge >= 0.3 is 0 Å². The molecule has 0 amide bonds. The summed E-state index contributed by atoms with van der Waals surface area (Å²) in [7, 11) is 1.67. The molecule has 6 heteroatoms. The second-order valence-electron chi connectivity index (χ2n) is 5.19. The third-order valence-electron chi connectivity index (χ3n) is 3.42. The molecule has 0 fully saturated rings. The Bertz CT molecular complexity index is 597. The lowest BCUT2D eigenvalue weighted by Crippen LogP contribution is -2.39. The molecule has 5 nitrogen and oxygen atoms in total. The topological polar surface area (TPSA) is 58.8 Å². The van der Waals surface area contributed by atoms with Gasteiger partial charge in [-0.1, -0.05) is 12.1 Å². The minimum absolute atomic E-state index is 0.624. The van der Waals surface area contributed by atoms with E-state index in [1.165, 1.54) is 0 Å². The van der Waals surface area contributed by atoms with E-state index in [9.17, 15) is 0 Å². The largest absolute Gasteiger partial charge is 0.497 e. The smallest absolute Gasteiger partial charge is 0.191 e. The van der Waals surface area contributed by atoms with Crippen LogP contribution in [0.25, 0.3) is 0 Å². The number of hydrogen-bond donors (Lipinski definition) is 2. The molecule has 2 rings (SSSR count). The summed E-state index contributed by atoms with van der Waals surface area (Å²) in [5.41, 5.74) is 1.15. The van der Waals surface area contributed by atoms with Gasteiger partial charge in [-0.05, 0) is 36.1 Å². The third kappa shape index (κ3) is 6.58. The van der Waals surface area contributed by atoms with Crippen LogP contribution in [-0.4, -0.2) is 38.2 Å². The molecular formula is C18H25N3O2S. The van der Waals surface area contributed by atoms with Crippen LogP contribution < -0.4 is 15.4 Å². The highest BCUT2D eigenvalue weighted by atomic mass is 32.2. The quantitative estimate of drug-likeness (QED) is 0.415. The SMILES string of the molecule is COc1ccc(CN=C(NCCSC)NCCc2ccco2)cc1. The summed E-state index contributed by atoms with van der Waals surface area (Å²) < 4.78 is 10.5. The molecule has 0 aliphatic carbocycles. The summed E-state index contributed by atoms with van der Waals surface area (Å²) in [4.78, 5) is 4.65. The van der Waals surface area contributed by atoms with Crippen molar-refractivity contribution < 1.29 is 9.15 Å². The Morgan fingerprint density at radius 2 is 1.96 bits per heavy atom. The Kier molecular flexibility index (Phi) is 8.10. The van der Waals surface area contributed by atoms with Crippen LogP contribution in [0.3, 0.4) is 0 Å². The highest BCUT2D eigenvalue weighted by Gasteiger charge is 2.01. The van der Waals surface area contributed by atoms with Gasteiger partial charge in [0.25, 0.3) is 0 Å². The molecule has 0 atom stereocenters. The number of thioether (sulfide) groups is 1. The molecule has 0 aliphatic heterocycles. The van der Waals surface area contributed by atoms with E-state index in [4.69, 9.17) is 9.15 Å². The predicted octanol–water partition coefficient (Wildman–Crippen LogP) is 2.93. The van der Waals surface area contributed by atoms with Crippen molar-refractivity contribution in [3.63, 3.8) is 0 Å². The summed E-state index contributed by atoms with van der Waals surface area (Å²) >= 11 is 1.81. The molecule has 2 N–H and O–H groups in total. The average Bonchev–Trinajstić information content (AvgIpc) is 3.13. The van der Waals surface area contributed by atoms with Crippen molar-refractivity contribution in [1.29, 1.82) is 0 Å². The Balaban J connectivity index is 1.87. The first-order chi connectivity index (χ1) is 11.8. The van der Waals surface area contributed by atoms with Crippen LogP contribution in [0.5, 0.6) is 5.75 Å². The monoisotopic (exact) mass is 347 g/mol. The Labute approximate surface area is 147 Å². The number of ether oxygens (including phenoxy) is 1. The second kappa shape index (κ2) is 10.6. The van der Waals surface area contributed by atoms with E-state index in [2.05, 4.69) is 21.9 Å². The van der Waals surface area contributed by atoms with Gasteiger partial charge in [0.05, 0.1) is 19.9 Å². The van der Waals surface area contributed by atoms with Crippen LogP contribution in [0.1, 0.15) is 11.3 Å². The van der Waals surface area contributed by atoms with E-state index in [-0.39, 0.29) is 0 Å². The van der Waals surface area contributed by atoms with Gasteiger partial charge in [0, 0.05) is 25.3 Å². The molecule has 0 saturated carbocycles. The number of guanidine groups is 1.